The van der Waals surface area contributed by atoms with Crippen molar-refractivity contribution < 1.29 is 14.7 Å². The SMILES string of the molecule is CCCCCC(=O)N1CCCC(C(=O)O)C1. The molecule has 0 saturated carbocycles. The van der Waals surface area contributed by atoms with Gasteiger partial charge in [-0.15, -0.1) is 0 Å². The lowest BCUT2D eigenvalue weighted by Gasteiger charge is -2.30. The third kappa shape index (κ3) is 3.83. The minimum atomic E-state index is -0.772. The minimum absolute atomic E-state index is 0.124. The van der Waals surface area contributed by atoms with E-state index in [9.17, 15) is 9.59 Å². The molecule has 0 radical (unpaired) electrons. The Morgan fingerprint density at radius 2 is 2.12 bits per heavy atom. The minimum Gasteiger partial charge on any atom is -0.481 e. The van der Waals surface area contributed by atoms with Gasteiger partial charge in [0.15, 0.2) is 0 Å². The van der Waals surface area contributed by atoms with E-state index in [0.29, 0.717) is 19.4 Å². The summed E-state index contributed by atoms with van der Waals surface area (Å²) in [7, 11) is 0. The van der Waals surface area contributed by atoms with Gasteiger partial charge in [0.05, 0.1) is 5.92 Å². The Bertz CT molecular complexity index is 253. The number of amides is 1. The molecule has 4 heteroatoms. The number of piperidine rings is 1. The number of carboxylic acids is 1. The molecule has 92 valence electrons. The van der Waals surface area contributed by atoms with Crippen molar-refractivity contribution >= 4 is 11.9 Å². The maximum absolute atomic E-state index is 11.8. The molecule has 1 amide bonds. The first-order valence-corrected chi connectivity index (χ1v) is 6.15. The van der Waals surface area contributed by atoms with Crippen LogP contribution in [0.3, 0.4) is 0 Å². The number of hydrogen-bond acceptors (Lipinski definition) is 2. The van der Waals surface area contributed by atoms with Crippen molar-refractivity contribution in [2.45, 2.75) is 45.4 Å². The third-order valence-corrected chi connectivity index (χ3v) is 3.12. The second kappa shape index (κ2) is 6.51. The fourth-order valence-electron chi connectivity index (χ4n) is 2.09. The van der Waals surface area contributed by atoms with Crippen molar-refractivity contribution in [3.8, 4) is 0 Å². The molecule has 1 fully saturated rings. The quantitative estimate of drug-likeness (QED) is 0.730. The summed E-state index contributed by atoms with van der Waals surface area (Å²) in [5.74, 6) is -1.01. The number of hydrogen-bond donors (Lipinski definition) is 1. The van der Waals surface area contributed by atoms with Gasteiger partial charge in [0.25, 0.3) is 0 Å². The van der Waals surface area contributed by atoms with Gasteiger partial charge in [0.2, 0.25) is 5.91 Å². The highest BCUT2D eigenvalue weighted by Gasteiger charge is 2.27. The lowest BCUT2D eigenvalue weighted by molar-refractivity contribution is -0.145. The van der Waals surface area contributed by atoms with E-state index in [2.05, 4.69) is 6.92 Å². The molecule has 0 aromatic heterocycles. The highest BCUT2D eigenvalue weighted by Crippen LogP contribution is 2.17. The standard InChI is InChI=1S/C12H21NO3/c1-2-3-4-7-11(14)13-8-5-6-10(9-13)12(15)16/h10H,2-9H2,1H3,(H,15,16). The van der Waals surface area contributed by atoms with Crippen LogP contribution in [0.2, 0.25) is 0 Å². The van der Waals surface area contributed by atoms with Gasteiger partial charge in [-0.25, -0.2) is 0 Å². The average molecular weight is 227 g/mol. The highest BCUT2D eigenvalue weighted by molar-refractivity contribution is 5.78. The molecule has 1 N–H and O–H groups in total. The number of aliphatic carboxylic acids is 1. The highest BCUT2D eigenvalue weighted by atomic mass is 16.4. The first kappa shape index (κ1) is 13.0. The molecule has 16 heavy (non-hydrogen) atoms. The number of likely N-dealkylation sites (tertiary alicyclic amines) is 1. The fourth-order valence-corrected chi connectivity index (χ4v) is 2.09. The smallest absolute Gasteiger partial charge is 0.308 e. The summed E-state index contributed by atoms with van der Waals surface area (Å²) in [6.45, 7) is 3.24. The Morgan fingerprint density at radius 1 is 1.38 bits per heavy atom. The molecule has 1 atom stereocenters. The molecular weight excluding hydrogens is 206 g/mol. The van der Waals surface area contributed by atoms with Gasteiger partial charge in [-0.05, 0) is 19.3 Å². The summed E-state index contributed by atoms with van der Waals surface area (Å²) in [5.41, 5.74) is 0. The molecule has 1 rings (SSSR count). The maximum atomic E-state index is 11.8. The molecule has 0 aromatic carbocycles. The van der Waals surface area contributed by atoms with Crippen LogP contribution < -0.4 is 0 Å². The van der Waals surface area contributed by atoms with Crippen molar-refractivity contribution in [2.24, 2.45) is 5.92 Å². The topological polar surface area (TPSA) is 57.6 Å². The van der Waals surface area contributed by atoms with Gasteiger partial charge in [-0.1, -0.05) is 19.8 Å². The van der Waals surface area contributed by atoms with Crippen LogP contribution in [0.1, 0.15) is 45.4 Å². The van der Waals surface area contributed by atoms with Crippen LogP contribution in [0.5, 0.6) is 0 Å². The van der Waals surface area contributed by atoms with E-state index in [1.54, 1.807) is 4.90 Å². The summed E-state index contributed by atoms with van der Waals surface area (Å²) in [5, 5.41) is 8.91. The summed E-state index contributed by atoms with van der Waals surface area (Å²) < 4.78 is 0. The summed E-state index contributed by atoms with van der Waals surface area (Å²) in [4.78, 5) is 24.3. The van der Waals surface area contributed by atoms with Crippen molar-refractivity contribution in [1.82, 2.24) is 4.90 Å². The van der Waals surface area contributed by atoms with Gasteiger partial charge in [0, 0.05) is 19.5 Å². The van der Waals surface area contributed by atoms with Crippen LogP contribution in [0.4, 0.5) is 0 Å². The predicted molar refractivity (Wildman–Crippen MR) is 61.1 cm³/mol. The summed E-state index contributed by atoms with van der Waals surface area (Å²) in [6.07, 6.45) is 5.18. The third-order valence-electron chi connectivity index (χ3n) is 3.12. The monoisotopic (exact) mass is 227 g/mol. The molecule has 1 unspecified atom stereocenters. The lowest BCUT2D eigenvalue weighted by Crippen LogP contribution is -2.42. The van der Waals surface area contributed by atoms with Crippen molar-refractivity contribution in [1.29, 1.82) is 0 Å². The van der Waals surface area contributed by atoms with Crippen LogP contribution in [-0.4, -0.2) is 35.0 Å². The van der Waals surface area contributed by atoms with E-state index in [-0.39, 0.29) is 11.8 Å². The van der Waals surface area contributed by atoms with Gasteiger partial charge < -0.3 is 10.0 Å². The molecule has 1 aliphatic rings. The maximum Gasteiger partial charge on any atom is 0.308 e. The Morgan fingerprint density at radius 3 is 2.75 bits per heavy atom. The van der Waals surface area contributed by atoms with E-state index in [4.69, 9.17) is 5.11 Å². The Kier molecular flexibility index (Phi) is 5.29. The Labute approximate surface area is 96.6 Å². The zero-order valence-electron chi connectivity index (χ0n) is 9.95. The summed E-state index contributed by atoms with van der Waals surface area (Å²) >= 11 is 0. The van der Waals surface area contributed by atoms with Crippen molar-refractivity contribution in [3.63, 3.8) is 0 Å². The van der Waals surface area contributed by atoms with Crippen LogP contribution in [0.25, 0.3) is 0 Å². The molecule has 0 bridgehead atoms. The molecule has 0 aromatic rings. The molecule has 1 saturated heterocycles. The Hall–Kier alpha value is -1.06. The molecule has 4 nitrogen and oxygen atoms in total. The average Bonchev–Trinajstić information content (AvgIpc) is 2.29. The van der Waals surface area contributed by atoms with Crippen LogP contribution >= 0.6 is 0 Å². The van der Waals surface area contributed by atoms with E-state index in [1.165, 1.54) is 0 Å². The molecule has 1 aliphatic heterocycles. The number of rotatable bonds is 5. The first-order chi connectivity index (χ1) is 7.65. The van der Waals surface area contributed by atoms with Crippen LogP contribution in [0.15, 0.2) is 0 Å². The second-order valence-corrected chi connectivity index (χ2v) is 4.47. The van der Waals surface area contributed by atoms with Gasteiger partial charge >= 0.3 is 5.97 Å². The Balaban J connectivity index is 2.35. The first-order valence-electron chi connectivity index (χ1n) is 6.15. The number of unbranched alkanes of at least 4 members (excludes halogenated alkanes) is 2. The van der Waals surface area contributed by atoms with Gasteiger partial charge in [0.1, 0.15) is 0 Å². The second-order valence-electron chi connectivity index (χ2n) is 4.47. The zero-order chi connectivity index (χ0) is 12.0. The predicted octanol–water partition coefficient (Wildman–Crippen LogP) is 1.89. The number of carbonyl (C=O) groups excluding carboxylic acids is 1. The number of carboxylic acid groups (broad SMARTS) is 1. The van der Waals surface area contributed by atoms with Crippen molar-refractivity contribution in [3.05, 3.63) is 0 Å². The lowest BCUT2D eigenvalue weighted by atomic mass is 9.98. The van der Waals surface area contributed by atoms with E-state index >= 15 is 0 Å². The number of carbonyl (C=O) groups is 2. The molecule has 0 aliphatic carbocycles. The van der Waals surface area contributed by atoms with Crippen LogP contribution in [0, 0.1) is 5.92 Å². The zero-order valence-corrected chi connectivity index (χ0v) is 9.95. The van der Waals surface area contributed by atoms with Crippen molar-refractivity contribution in [2.75, 3.05) is 13.1 Å². The largest absolute Gasteiger partial charge is 0.481 e. The van der Waals surface area contributed by atoms with Gasteiger partial charge in [-0.3, -0.25) is 9.59 Å². The molecule has 1 heterocycles. The van der Waals surface area contributed by atoms with E-state index in [1.807, 2.05) is 0 Å². The fraction of sp³-hybridized carbons (Fsp3) is 0.833. The van der Waals surface area contributed by atoms with E-state index in [0.717, 1.165) is 32.2 Å². The summed E-state index contributed by atoms with van der Waals surface area (Å²) in [6, 6.07) is 0. The number of nitrogens with zero attached hydrogens (tertiary/aromatic N) is 1. The van der Waals surface area contributed by atoms with E-state index < -0.39 is 5.97 Å². The van der Waals surface area contributed by atoms with Crippen LogP contribution in [-0.2, 0) is 9.59 Å². The van der Waals surface area contributed by atoms with Gasteiger partial charge in [-0.2, -0.15) is 0 Å². The molecular formula is C12H21NO3. The normalized spacial score (nSPS) is 20.8. The molecule has 0 spiro atoms.